The molecule has 2 N–H and O–H groups in total. The van der Waals surface area contributed by atoms with Crippen molar-refractivity contribution in [3.63, 3.8) is 0 Å². The summed E-state index contributed by atoms with van der Waals surface area (Å²) in [5.74, 6) is -0.105. The minimum absolute atomic E-state index is 0.0282. The molecule has 0 aromatic heterocycles. The molecule has 1 heterocycles. The van der Waals surface area contributed by atoms with Gasteiger partial charge >= 0.3 is 0 Å². The zero-order chi connectivity index (χ0) is 14.5. The molecule has 0 bridgehead atoms. The average molecular weight is 291 g/mol. The number of primary sulfonamides is 1. The summed E-state index contributed by atoms with van der Waals surface area (Å²) in [6.07, 6.45) is 2.18. The Bertz CT molecular complexity index is 391. The minimum atomic E-state index is -3.60. The van der Waals surface area contributed by atoms with E-state index in [4.69, 9.17) is 5.14 Å². The van der Waals surface area contributed by atoms with Crippen molar-refractivity contribution in [2.24, 2.45) is 5.14 Å². The number of carbonyl (C=O) groups is 1. The van der Waals surface area contributed by atoms with Gasteiger partial charge in [0.2, 0.25) is 15.9 Å². The zero-order valence-corrected chi connectivity index (χ0v) is 12.7. The molecule has 0 spiro atoms. The molecule has 0 radical (unpaired) electrons. The van der Waals surface area contributed by atoms with E-state index in [1.807, 2.05) is 0 Å². The minimum Gasteiger partial charge on any atom is -0.340 e. The summed E-state index contributed by atoms with van der Waals surface area (Å²) in [6.45, 7) is 7.89. The van der Waals surface area contributed by atoms with E-state index in [1.165, 1.54) is 0 Å². The van der Waals surface area contributed by atoms with Crippen LogP contribution in [-0.4, -0.2) is 62.1 Å². The van der Waals surface area contributed by atoms with Crippen molar-refractivity contribution in [3.8, 4) is 0 Å². The first-order chi connectivity index (χ1) is 8.88. The smallest absolute Gasteiger partial charge is 0.224 e. The Balaban J connectivity index is 2.47. The van der Waals surface area contributed by atoms with Crippen LogP contribution in [0.15, 0.2) is 0 Å². The Morgan fingerprint density at radius 3 is 2.26 bits per heavy atom. The van der Waals surface area contributed by atoms with Gasteiger partial charge in [0.25, 0.3) is 0 Å². The molecule has 1 amide bonds. The van der Waals surface area contributed by atoms with E-state index < -0.39 is 15.3 Å². The summed E-state index contributed by atoms with van der Waals surface area (Å²) in [5.41, 5.74) is 0. The number of hydrogen-bond acceptors (Lipinski definition) is 4. The highest BCUT2D eigenvalue weighted by atomic mass is 32.2. The average Bonchev–Trinajstić information content (AvgIpc) is 2.68. The van der Waals surface area contributed by atoms with E-state index in [1.54, 1.807) is 4.90 Å². The van der Waals surface area contributed by atoms with Crippen LogP contribution in [0, 0.1) is 0 Å². The first kappa shape index (κ1) is 16.4. The fourth-order valence-electron chi connectivity index (χ4n) is 2.40. The Morgan fingerprint density at radius 2 is 1.84 bits per heavy atom. The van der Waals surface area contributed by atoms with Crippen LogP contribution in [0.1, 0.15) is 33.1 Å². The molecular formula is C12H25N3O3S. The molecule has 1 unspecified atom stereocenters. The predicted molar refractivity (Wildman–Crippen MR) is 75.1 cm³/mol. The first-order valence-corrected chi connectivity index (χ1v) is 8.51. The number of rotatable bonds is 8. The van der Waals surface area contributed by atoms with Crippen molar-refractivity contribution < 1.29 is 13.2 Å². The lowest BCUT2D eigenvalue weighted by Crippen LogP contribution is -2.38. The van der Waals surface area contributed by atoms with Gasteiger partial charge in [-0.3, -0.25) is 4.79 Å². The summed E-state index contributed by atoms with van der Waals surface area (Å²) in [6, 6.07) is 0. The molecule has 1 fully saturated rings. The molecule has 0 aromatic carbocycles. The van der Waals surface area contributed by atoms with Crippen LogP contribution in [-0.2, 0) is 14.8 Å². The monoisotopic (exact) mass is 291 g/mol. The number of carbonyl (C=O) groups excluding carboxylic acids is 1. The van der Waals surface area contributed by atoms with Gasteiger partial charge in [-0.1, -0.05) is 13.8 Å². The van der Waals surface area contributed by atoms with E-state index in [-0.39, 0.29) is 18.9 Å². The molecule has 0 aliphatic carbocycles. The maximum atomic E-state index is 11.7. The Hall–Kier alpha value is -0.660. The molecule has 1 aliphatic rings. The fraction of sp³-hybridized carbons (Fsp3) is 0.917. The summed E-state index contributed by atoms with van der Waals surface area (Å²) < 4.78 is 22.5. The number of likely N-dealkylation sites (tertiary alicyclic amines) is 1. The lowest BCUT2D eigenvalue weighted by atomic mass is 10.3. The van der Waals surface area contributed by atoms with Gasteiger partial charge in [-0.05, 0) is 25.9 Å². The molecule has 1 saturated heterocycles. The molecule has 6 nitrogen and oxygen atoms in total. The summed E-state index contributed by atoms with van der Waals surface area (Å²) in [4.78, 5) is 15.7. The number of hydrogen-bond donors (Lipinski definition) is 1. The van der Waals surface area contributed by atoms with Crippen LogP contribution < -0.4 is 5.14 Å². The van der Waals surface area contributed by atoms with Crippen LogP contribution in [0.25, 0.3) is 0 Å². The summed E-state index contributed by atoms with van der Waals surface area (Å²) in [7, 11) is -3.60. The second-order valence-electron chi connectivity index (χ2n) is 5.10. The number of amides is 1. The van der Waals surface area contributed by atoms with Crippen LogP contribution in [0.5, 0.6) is 0 Å². The van der Waals surface area contributed by atoms with Crippen LogP contribution in [0.3, 0.4) is 0 Å². The molecular weight excluding hydrogens is 266 g/mol. The van der Waals surface area contributed by atoms with E-state index in [2.05, 4.69) is 18.7 Å². The van der Waals surface area contributed by atoms with Crippen LogP contribution in [0.4, 0.5) is 0 Å². The highest BCUT2D eigenvalue weighted by Crippen LogP contribution is 2.16. The predicted octanol–water partition coefficient (Wildman–Crippen LogP) is -0.00220. The van der Waals surface area contributed by atoms with Crippen LogP contribution in [0.2, 0.25) is 0 Å². The summed E-state index contributed by atoms with van der Waals surface area (Å²) >= 11 is 0. The van der Waals surface area contributed by atoms with Gasteiger partial charge in [-0.2, -0.15) is 0 Å². The van der Waals surface area contributed by atoms with Gasteiger partial charge in [0.15, 0.2) is 0 Å². The SMILES string of the molecule is CCCN(CCC)CCN1CC(S(N)(=O)=O)CC1=O. The van der Waals surface area contributed by atoms with Crippen molar-refractivity contribution in [1.29, 1.82) is 0 Å². The van der Waals surface area contributed by atoms with Gasteiger partial charge in [0, 0.05) is 26.1 Å². The van der Waals surface area contributed by atoms with Crippen molar-refractivity contribution >= 4 is 15.9 Å². The lowest BCUT2D eigenvalue weighted by molar-refractivity contribution is -0.127. The molecule has 0 saturated carbocycles. The fourth-order valence-corrected chi connectivity index (χ4v) is 3.16. The standard InChI is InChI=1S/C12H25N3O3S/c1-3-5-14(6-4-2)7-8-15-10-11(9-12(15)16)19(13,17)18/h11H,3-10H2,1-2H3,(H2,13,17,18). The Kier molecular flexibility index (Phi) is 6.22. The summed E-state index contributed by atoms with van der Waals surface area (Å²) in [5, 5.41) is 4.37. The Morgan fingerprint density at radius 1 is 1.26 bits per heavy atom. The van der Waals surface area contributed by atoms with Gasteiger partial charge in [-0.15, -0.1) is 0 Å². The third-order valence-corrected chi connectivity index (χ3v) is 4.65. The molecule has 1 atom stereocenters. The van der Waals surface area contributed by atoms with Gasteiger partial charge in [0.1, 0.15) is 5.25 Å². The maximum Gasteiger partial charge on any atom is 0.224 e. The Labute approximate surface area is 116 Å². The topological polar surface area (TPSA) is 83.7 Å². The number of nitrogens with zero attached hydrogens (tertiary/aromatic N) is 2. The molecule has 1 aliphatic heterocycles. The second-order valence-corrected chi connectivity index (χ2v) is 6.94. The highest BCUT2D eigenvalue weighted by molar-refractivity contribution is 7.89. The molecule has 19 heavy (non-hydrogen) atoms. The normalized spacial score (nSPS) is 20.5. The number of sulfonamides is 1. The van der Waals surface area contributed by atoms with E-state index in [9.17, 15) is 13.2 Å². The molecule has 1 rings (SSSR count). The molecule has 7 heteroatoms. The third kappa shape index (κ3) is 5.08. The van der Waals surface area contributed by atoms with Crippen molar-refractivity contribution in [2.75, 3.05) is 32.7 Å². The maximum absolute atomic E-state index is 11.7. The van der Waals surface area contributed by atoms with Crippen molar-refractivity contribution in [2.45, 2.75) is 38.4 Å². The second kappa shape index (κ2) is 7.21. The van der Waals surface area contributed by atoms with Crippen molar-refractivity contribution in [1.82, 2.24) is 9.80 Å². The van der Waals surface area contributed by atoms with E-state index in [0.717, 1.165) is 32.5 Å². The van der Waals surface area contributed by atoms with E-state index >= 15 is 0 Å². The highest BCUT2D eigenvalue weighted by Gasteiger charge is 2.36. The quantitative estimate of drug-likeness (QED) is 0.682. The molecule has 0 aromatic rings. The van der Waals surface area contributed by atoms with Gasteiger partial charge in [-0.25, -0.2) is 13.6 Å². The number of nitrogens with two attached hydrogens (primary N) is 1. The lowest BCUT2D eigenvalue weighted by Gasteiger charge is -2.24. The van der Waals surface area contributed by atoms with Gasteiger partial charge < -0.3 is 9.80 Å². The van der Waals surface area contributed by atoms with Crippen LogP contribution >= 0.6 is 0 Å². The zero-order valence-electron chi connectivity index (χ0n) is 11.8. The largest absolute Gasteiger partial charge is 0.340 e. The van der Waals surface area contributed by atoms with Crippen molar-refractivity contribution in [3.05, 3.63) is 0 Å². The van der Waals surface area contributed by atoms with E-state index in [0.29, 0.717) is 6.54 Å². The third-order valence-electron chi connectivity index (χ3n) is 3.41. The first-order valence-electron chi connectivity index (χ1n) is 6.90. The van der Waals surface area contributed by atoms with Gasteiger partial charge in [0.05, 0.1) is 0 Å². The molecule has 112 valence electrons.